The van der Waals surface area contributed by atoms with Gasteiger partial charge in [-0.25, -0.2) is 9.97 Å². The summed E-state index contributed by atoms with van der Waals surface area (Å²) in [5.41, 5.74) is 2.83. The number of benzene rings is 1. The number of nitrogens with zero attached hydrogens (tertiary/aromatic N) is 3. The molecular weight excluding hydrogens is 416 g/mol. The van der Waals surface area contributed by atoms with Crippen LogP contribution in [0.1, 0.15) is 37.8 Å². The minimum Gasteiger partial charge on any atom is -0.378 e. The Bertz CT molecular complexity index is 1240. The maximum Gasteiger partial charge on any atom is 0.162 e. The van der Waals surface area contributed by atoms with E-state index >= 15 is 0 Å². The highest BCUT2D eigenvalue weighted by Crippen LogP contribution is 2.32. The van der Waals surface area contributed by atoms with E-state index in [2.05, 4.69) is 46.4 Å². The maximum absolute atomic E-state index is 10.3. The van der Waals surface area contributed by atoms with E-state index in [4.69, 9.17) is 9.97 Å². The molecule has 162 valence electrons. The van der Waals surface area contributed by atoms with E-state index < -0.39 is 5.60 Å². The molecule has 6 heteroatoms. The smallest absolute Gasteiger partial charge is 0.162 e. The van der Waals surface area contributed by atoms with Crippen molar-refractivity contribution in [1.29, 1.82) is 0 Å². The van der Waals surface area contributed by atoms with Gasteiger partial charge in [0.1, 0.15) is 16.9 Å². The van der Waals surface area contributed by atoms with Crippen molar-refractivity contribution in [2.24, 2.45) is 0 Å². The second kappa shape index (κ2) is 9.90. The summed E-state index contributed by atoms with van der Waals surface area (Å²) >= 11 is 1.57. The topological polar surface area (TPSA) is 70.9 Å². The molecule has 5 nitrogen and oxygen atoms in total. The zero-order valence-electron chi connectivity index (χ0n) is 18.3. The van der Waals surface area contributed by atoms with E-state index in [1.54, 1.807) is 30.7 Å². The molecule has 0 saturated carbocycles. The van der Waals surface area contributed by atoms with E-state index in [1.165, 1.54) is 5.56 Å². The minimum atomic E-state index is -1.02. The van der Waals surface area contributed by atoms with Crippen LogP contribution in [0.2, 0.25) is 0 Å². The van der Waals surface area contributed by atoms with E-state index in [1.807, 2.05) is 30.5 Å². The first-order valence-electron chi connectivity index (χ1n) is 10.8. The molecule has 32 heavy (non-hydrogen) atoms. The van der Waals surface area contributed by atoms with Crippen LogP contribution in [-0.2, 0) is 6.42 Å². The van der Waals surface area contributed by atoms with Gasteiger partial charge in [-0.2, -0.15) is 0 Å². The third-order valence-electron chi connectivity index (χ3n) is 5.29. The standard InChI is InChI=1S/C26H26N4OS/c1-3-26(2,31)14-11-21-18-32-23-22(21)29-24(20-12-16-27-17-13-20)30-25(23)28-15-7-10-19-8-5-4-6-9-19/h4-6,8-9,12-13,16-18,31H,3,7,10,15H2,1-2H3,(H,28,29,30). The molecule has 0 aliphatic rings. The molecule has 0 aliphatic heterocycles. The molecule has 0 spiro atoms. The fraction of sp³-hybridized carbons (Fsp3) is 0.269. The molecule has 0 aliphatic carbocycles. The largest absolute Gasteiger partial charge is 0.378 e. The number of rotatable bonds is 7. The normalized spacial score (nSPS) is 12.7. The SMILES string of the molecule is CCC(C)(O)C#Cc1csc2c(NCCCc3ccccc3)nc(-c3ccncc3)nc12. The molecule has 0 fully saturated rings. The summed E-state index contributed by atoms with van der Waals surface area (Å²) in [6.07, 6.45) is 6.04. The Balaban J connectivity index is 1.64. The van der Waals surface area contributed by atoms with Gasteiger partial charge in [-0.1, -0.05) is 49.1 Å². The molecule has 4 rings (SSSR count). The van der Waals surface area contributed by atoms with Gasteiger partial charge >= 0.3 is 0 Å². The van der Waals surface area contributed by atoms with Gasteiger partial charge in [-0.05, 0) is 43.9 Å². The van der Waals surface area contributed by atoms with Crippen molar-refractivity contribution in [3.63, 3.8) is 0 Å². The molecule has 1 atom stereocenters. The van der Waals surface area contributed by atoms with Crippen molar-refractivity contribution < 1.29 is 5.11 Å². The Morgan fingerprint density at radius 1 is 1.09 bits per heavy atom. The highest BCUT2D eigenvalue weighted by atomic mass is 32.1. The number of anilines is 1. The molecule has 3 heterocycles. The Kier molecular flexibility index (Phi) is 6.79. The van der Waals surface area contributed by atoms with Gasteiger partial charge in [0.2, 0.25) is 0 Å². The lowest BCUT2D eigenvalue weighted by molar-refractivity contribution is 0.118. The van der Waals surface area contributed by atoms with Crippen molar-refractivity contribution in [3.8, 4) is 23.2 Å². The monoisotopic (exact) mass is 442 g/mol. The van der Waals surface area contributed by atoms with Gasteiger partial charge in [0.05, 0.1) is 10.3 Å². The van der Waals surface area contributed by atoms with Crippen LogP contribution in [0.4, 0.5) is 5.82 Å². The number of aryl methyl sites for hydroxylation is 1. The third kappa shape index (κ3) is 5.31. The van der Waals surface area contributed by atoms with Crippen molar-refractivity contribution in [2.45, 2.75) is 38.7 Å². The van der Waals surface area contributed by atoms with Gasteiger partial charge in [-0.3, -0.25) is 4.98 Å². The third-order valence-corrected chi connectivity index (χ3v) is 6.26. The van der Waals surface area contributed by atoms with E-state index in [-0.39, 0.29) is 0 Å². The zero-order chi connectivity index (χ0) is 22.4. The predicted molar refractivity (Wildman–Crippen MR) is 132 cm³/mol. The summed E-state index contributed by atoms with van der Waals surface area (Å²) in [5, 5.41) is 15.8. The number of thiophene rings is 1. The summed E-state index contributed by atoms with van der Waals surface area (Å²) in [6, 6.07) is 14.3. The van der Waals surface area contributed by atoms with Crippen LogP contribution < -0.4 is 5.32 Å². The van der Waals surface area contributed by atoms with E-state index in [0.29, 0.717) is 12.2 Å². The number of aromatic nitrogens is 3. The van der Waals surface area contributed by atoms with Crippen LogP contribution in [0.25, 0.3) is 21.6 Å². The van der Waals surface area contributed by atoms with Crippen molar-refractivity contribution >= 4 is 27.4 Å². The van der Waals surface area contributed by atoms with Crippen molar-refractivity contribution in [2.75, 3.05) is 11.9 Å². The first kappa shape index (κ1) is 21.9. The molecule has 0 radical (unpaired) electrons. The number of hydrogen-bond acceptors (Lipinski definition) is 6. The second-order valence-electron chi connectivity index (χ2n) is 7.85. The first-order chi connectivity index (χ1) is 15.6. The molecule has 0 saturated heterocycles. The molecule has 3 aromatic heterocycles. The van der Waals surface area contributed by atoms with Crippen LogP contribution in [-0.4, -0.2) is 32.2 Å². The predicted octanol–water partition coefficient (Wildman–Crippen LogP) is 5.31. The van der Waals surface area contributed by atoms with Gasteiger partial charge < -0.3 is 10.4 Å². The number of nitrogens with one attached hydrogen (secondary N) is 1. The van der Waals surface area contributed by atoms with Gasteiger partial charge in [0.15, 0.2) is 5.82 Å². The lowest BCUT2D eigenvalue weighted by Gasteiger charge is -2.11. The molecule has 2 N–H and O–H groups in total. The molecular formula is C26H26N4OS. The fourth-order valence-corrected chi connectivity index (χ4v) is 4.09. The summed E-state index contributed by atoms with van der Waals surface area (Å²) in [4.78, 5) is 13.7. The van der Waals surface area contributed by atoms with Gasteiger partial charge in [-0.15, -0.1) is 11.3 Å². The Morgan fingerprint density at radius 3 is 2.62 bits per heavy atom. The van der Waals surface area contributed by atoms with Crippen LogP contribution >= 0.6 is 11.3 Å². The Morgan fingerprint density at radius 2 is 1.88 bits per heavy atom. The van der Waals surface area contributed by atoms with Crippen LogP contribution in [0.5, 0.6) is 0 Å². The van der Waals surface area contributed by atoms with Crippen molar-refractivity contribution in [3.05, 3.63) is 71.4 Å². The van der Waals surface area contributed by atoms with Crippen molar-refractivity contribution in [1.82, 2.24) is 15.0 Å². The number of hydrogen-bond donors (Lipinski definition) is 2. The van der Waals surface area contributed by atoms with Gasteiger partial charge in [0.25, 0.3) is 0 Å². The quantitative estimate of drug-likeness (QED) is 0.300. The second-order valence-corrected chi connectivity index (χ2v) is 8.73. The van der Waals surface area contributed by atoms with Crippen LogP contribution in [0.15, 0.2) is 60.2 Å². The van der Waals surface area contributed by atoms with Crippen LogP contribution in [0, 0.1) is 11.8 Å². The Hall–Kier alpha value is -3.27. The van der Waals surface area contributed by atoms with Gasteiger partial charge in [0, 0.05) is 29.9 Å². The summed E-state index contributed by atoms with van der Waals surface area (Å²) in [7, 11) is 0. The highest BCUT2D eigenvalue weighted by molar-refractivity contribution is 7.18. The number of pyridine rings is 1. The Labute approximate surface area is 192 Å². The molecule has 1 aromatic carbocycles. The minimum absolute atomic E-state index is 0.563. The van der Waals surface area contributed by atoms with E-state index in [9.17, 15) is 5.11 Å². The highest BCUT2D eigenvalue weighted by Gasteiger charge is 2.16. The first-order valence-corrected chi connectivity index (χ1v) is 11.7. The average molecular weight is 443 g/mol. The molecule has 0 amide bonds. The lowest BCUT2D eigenvalue weighted by atomic mass is 10.0. The molecule has 0 bridgehead atoms. The summed E-state index contributed by atoms with van der Waals surface area (Å²) in [6.45, 7) is 4.45. The summed E-state index contributed by atoms with van der Waals surface area (Å²) in [5.74, 6) is 7.56. The lowest BCUT2D eigenvalue weighted by Crippen LogP contribution is -2.19. The fourth-order valence-electron chi connectivity index (χ4n) is 3.19. The zero-order valence-corrected chi connectivity index (χ0v) is 19.1. The average Bonchev–Trinajstić information content (AvgIpc) is 3.25. The summed E-state index contributed by atoms with van der Waals surface area (Å²) < 4.78 is 0.975. The maximum atomic E-state index is 10.3. The molecule has 4 aromatic rings. The number of aliphatic hydroxyl groups is 1. The molecule has 1 unspecified atom stereocenters. The van der Waals surface area contributed by atoms with Crippen LogP contribution in [0.3, 0.4) is 0 Å². The van der Waals surface area contributed by atoms with E-state index in [0.717, 1.165) is 46.5 Å². The number of fused-ring (bicyclic) bond motifs is 1.